The molecule has 168 valence electrons. The third-order valence-corrected chi connectivity index (χ3v) is 6.95. The second kappa shape index (κ2) is 9.58. The number of primary sulfonamides is 1. The van der Waals surface area contributed by atoms with Gasteiger partial charge in [0.1, 0.15) is 11.5 Å². The molecule has 0 aromatic heterocycles. The molecule has 0 unspecified atom stereocenters. The Bertz CT molecular complexity index is 1070. The van der Waals surface area contributed by atoms with E-state index < -0.39 is 22.2 Å². The second-order valence-corrected chi connectivity index (χ2v) is 10.0. The molecule has 8 nitrogen and oxygen atoms in total. The number of β-amino-alcohol motifs (C(OH)–C–C–N with tert-alkyl or cyclic N) is 1. The highest BCUT2D eigenvalue weighted by atomic mass is 32.2. The van der Waals surface area contributed by atoms with E-state index in [1.807, 2.05) is 31.4 Å². The Morgan fingerprint density at radius 2 is 2.06 bits per heavy atom. The van der Waals surface area contributed by atoms with Crippen molar-refractivity contribution in [1.29, 1.82) is 0 Å². The van der Waals surface area contributed by atoms with E-state index in [-0.39, 0.29) is 17.3 Å². The molecule has 4 N–H and O–H groups in total. The summed E-state index contributed by atoms with van der Waals surface area (Å²) in [6, 6.07) is 9.58. The smallest absolute Gasteiger partial charge is 0.239 e. The molecule has 0 saturated carbocycles. The van der Waals surface area contributed by atoms with E-state index in [9.17, 15) is 18.3 Å². The van der Waals surface area contributed by atoms with Crippen LogP contribution < -0.4 is 15.2 Å². The van der Waals surface area contributed by atoms with Gasteiger partial charge in [-0.15, -0.1) is 11.8 Å². The van der Waals surface area contributed by atoms with E-state index in [1.165, 1.54) is 17.0 Å². The number of hydrogen-bond donors (Lipinski definition) is 3. The molecular weight excluding hydrogens is 438 g/mol. The van der Waals surface area contributed by atoms with Crippen molar-refractivity contribution in [3.05, 3.63) is 47.5 Å². The number of ether oxygens (including phenoxy) is 1. The van der Waals surface area contributed by atoms with Gasteiger partial charge in [0, 0.05) is 30.6 Å². The number of sulfonamides is 1. The van der Waals surface area contributed by atoms with Crippen molar-refractivity contribution < 1.29 is 23.1 Å². The normalized spacial score (nSPS) is 18.7. The van der Waals surface area contributed by atoms with Crippen LogP contribution in [0.15, 0.2) is 46.2 Å². The number of nitrogens with zero attached hydrogens (tertiary/aromatic N) is 1. The summed E-state index contributed by atoms with van der Waals surface area (Å²) in [5, 5.41) is 18.0. The number of aliphatic hydroxyl groups is 1. The first-order chi connectivity index (χ1) is 14.6. The average Bonchev–Trinajstić information content (AvgIpc) is 3.14. The third-order valence-electron chi connectivity index (χ3n) is 5.14. The van der Waals surface area contributed by atoms with Crippen molar-refractivity contribution in [3.8, 4) is 11.5 Å². The maximum absolute atomic E-state index is 12.7. The molecule has 0 aliphatic carbocycles. The number of thioether (sulfide) groups is 1. The molecule has 1 fully saturated rings. The van der Waals surface area contributed by atoms with Crippen molar-refractivity contribution in [2.75, 3.05) is 19.8 Å². The second-order valence-electron chi connectivity index (χ2n) is 7.59. The number of carbonyl (C=O) groups excluding carboxylic acids is 1. The van der Waals surface area contributed by atoms with Gasteiger partial charge in [0.25, 0.3) is 0 Å². The van der Waals surface area contributed by atoms with E-state index in [2.05, 4.69) is 5.32 Å². The largest absolute Gasteiger partial charge is 0.457 e. The molecule has 1 aliphatic rings. The molecular formula is C21H27N3O5S2. The molecule has 1 heterocycles. The lowest BCUT2D eigenvalue weighted by Crippen LogP contribution is -2.41. The van der Waals surface area contributed by atoms with Crippen LogP contribution in [-0.4, -0.2) is 56.3 Å². The number of rotatable bonds is 7. The standard InChI is InChI=1S/C21H27N3O5S2/c1-13-8-16(4-7-20(13)30-3)29-19-6-5-17(31(22,27)28)9-14(19)12-24(2)21(26)18-10-15(25)11-23-18/h4-9,15,18,23,25H,10-12H2,1-3H3,(H2,22,27,28)/t15-,18-/m1/s1. The fourth-order valence-electron chi connectivity index (χ4n) is 3.50. The average molecular weight is 466 g/mol. The number of benzene rings is 2. The lowest BCUT2D eigenvalue weighted by Gasteiger charge is -2.23. The van der Waals surface area contributed by atoms with Crippen molar-refractivity contribution in [2.45, 2.75) is 41.8 Å². The van der Waals surface area contributed by atoms with Crippen LogP contribution in [0.5, 0.6) is 11.5 Å². The van der Waals surface area contributed by atoms with Crippen LogP contribution in [0, 0.1) is 6.92 Å². The number of nitrogens with one attached hydrogen (secondary N) is 1. The first kappa shape index (κ1) is 23.6. The van der Waals surface area contributed by atoms with Crippen LogP contribution in [0.2, 0.25) is 0 Å². The quantitative estimate of drug-likeness (QED) is 0.533. The van der Waals surface area contributed by atoms with E-state index >= 15 is 0 Å². The minimum absolute atomic E-state index is 0.0565. The summed E-state index contributed by atoms with van der Waals surface area (Å²) >= 11 is 1.64. The van der Waals surface area contributed by atoms with Crippen molar-refractivity contribution in [3.63, 3.8) is 0 Å². The van der Waals surface area contributed by atoms with Gasteiger partial charge in [-0.2, -0.15) is 0 Å². The van der Waals surface area contributed by atoms with Gasteiger partial charge >= 0.3 is 0 Å². The summed E-state index contributed by atoms with van der Waals surface area (Å²) in [4.78, 5) is 15.3. The maximum atomic E-state index is 12.7. The Morgan fingerprint density at radius 1 is 1.32 bits per heavy atom. The van der Waals surface area contributed by atoms with Crippen LogP contribution in [0.1, 0.15) is 17.5 Å². The van der Waals surface area contributed by atoms with E-state index in [1.54, 1.807) is 24.9 Å². The molecule has 1 saturated heterocycles. The molecule has 31 heavy (non-hydrogen) atoms. The minimum Gasteiger partial charge on any atom is -0.457 e. The Labute approximate surface area is 186 Å². The van der Waals surface area contributed by atoms with Gasteiger partial charge in [-0.1, -0.05) is 0 Å². The molecule has 2 atom stereocenters. The highest BCUT2D eigenvalue weighted by molar-refractivity contribution is 7.98. The number of amides is 1. The number of nitrogens with two attached hydrogens (primary N) is 1. The van der Waals surface area contributed by atoms with Crippen molar-refractivity contribution >= 4 is 27.7 Å². The topological polar surface area (TPSA) is 122 Å². The van der Waals surface area contributed by atoms with Crippen LogP contribution >= 0.6 is 11.8 Å². The third kappa shape index (κ3) is 5.78. The molecule has 0 radical (unpaired) electrons. The molecule has 3 rings (SSSR count). The van der Waals surface area contributed by atoms with Gasteiger partial charge in [0.2, 0.25) is 15.9 Å². The zero-order chi connectivity index (χ0) is 22.8. The van der Waals surface area contributed by atoms with E-state index in [4.69, 9.17) is 9.88 Å². The number of hydrogen-bond acceptors (Lipinski definition) is 7. The molecule has 2 aromatic rings. The predicted molar refractivity (Wildman–Crippen MR) is 120 cm³/mol. The summed E-state index contributed by atoms with van der Waals surface area (Å²) in [5.74, 6) is 0.848. The fourth-order valence-corrected chi connectivity index (χ4v) is 4.65. The highest BCUT2D eigenvalue weighted by Crippen LogP contribution is 2.31. The lowest BCUT2D eigenvalue weighted by atomic mass is 10.1. The monoisotopic (exact) mass is 465 g/mol. The summed E-state index contributed by atoms with van der Waals surface area (Å²) in [6.45, 7) is 2.47. The van der Waals surface area contributed by atoms with Crippen LogP contribution in [0.4, 0.5) is 0 Å². The Kier molecular flexibility index (Phi) is 7.28. The zero-order valence-corrected chi connectivity index (χ0v) is 19.3. The van der Waals surface area contributed by atoms with E-state index in [0.717, 1.165) is 10.5 Å². The number of carbonyl (C=O) groups is 1. The lowest BCUT2D eigenvalue weighted by molar-refractivity contribution is -0.132. The van der Waals surface area contributed by atoms with Crippen LogP contribution in [-0.2, 0) is 21.4 Å². The Balaban J connectivity index is 1.89. The number of likely N-dealkylation sites (N-methyl/N-ethyl adjacent to an activating group) is 1. The Morgan fingerprint density at radius 3 is 2.65 bits per heavy atom. The summed E-state index contributed by atoms with van der Waals surface area (Å²) in [6.07, 6.45) is 1.78. The van der Waals surface area contributed by atoms with E-state index in [0.29, 0.717) is 30.0 Å². The van der Waals surface area contributed by atoms with Crippen molar-refractivity contribution in [1.82, 2.24) is 10.2 Å². The van der Waals surface area contributed by atoms with Gasteiger partial charge in [-0.3, -0.25) is 4.79 Å². The molecule has 1 aliphatic heterocycles. The SMILES string of the molecule is CSc1ccc(Oc2ccc(S(N)(=O)=O)cc2CN(C)C(=O)[C@H]2C[C@@H](O)CN2)cc1C. The molecule has 2 aromatic carbocycles. The molecule has 10 heteroatoms. The van der Waals surface area contributed by atoms with Gasteiger partial charge in [0.15, 0.2) is 0 Å². The van der Waals surface area contributed by atoms with Gasteiger partial charge in [-0.05, 0) is 61.6 Å². The summed E-state index contributed by atoms with van der Waals surface area (Å²) in [5.41, 5.74) is 1.57. The van der Waals surface area contributed by atoms with Crippen LogP contribution in [0.25, 0.3) is 0 Å². The summed E-state index contributed by atoms with van der Waals surface area (Å²) < 4.78 is 29.7. The minimum atomic E-state index is -3.92. The molecule has 0 bridgehead atoms. The van der Waals surface area contributed by atoms with Crippen LogP contribution in [0.3, 0.4) is 0 Å². The number of aryl methyl sites for hydroxylation is 1. The summed E-state index contributed by atoms with van der Waals surface area (Å²) in [7, 11) is -2.29. The molecule has 0 spiro atoms. The fraction of sp³-hybridized carbons (Fsp3) is 0.381. The predicted octanol–water partition coefficient (Wildman–Crippen LogP) is 1.84. The van der Waals surface area contributed by atoms with Crippen molar-refractivity contribution in [2.24, 2.45) is 5.14 Å². The van der Waals surface area contributed by atoms with Gasteiger partial charge in [0.05, 0.1) is 17.0 Å². The highest BCUT2D eigenvalue weighted by Gasteiger charge is 2.30. The maximum Gasteiger partial charge on any atom is 0.239 e. The van der Waals surface area contributed by atoms with Gasteiger partial charge < -0.3 is 20.1 Å². The number of aliphatic hydroxyl groups excluding tert-OH is 1. The first-order valence-corrected chi connectivity index (χ1v) is 12.5. The zero-order valence-electron chi connectivity index (χ0n) is 17.7. The van der Waals surface area contributed by atoms with Gasteiger partial charge in [-0.25, -0.2) is 13.6 Å². The first-order valence-electron chi connectivity index (χ1n) is 9.73. The molecule has 1 amide bonds. The Hall–Kier alpha value is -2.11.